The Morgan fingerprint density at radius 3 is 2.50 bits per heavy atom. The quantitative estimate of drug-likeness (QED) is 0.887. The monoisotopic (exact) mass is 247 g/mol. The fourth-order valence-corrected chi connectivity index (χ4v) is 2.81. The van der Waals surface area contributed by atoms with Crippen LogP contribution < -0.4 is 0 Å². The van der Waals surface area contributed by atoms with Gasteiger partial charge in [-0.15, -0.1) is 0 Å². The standard InChI is InChI=1S/C16H25NO/c1-4-17-9-7-16(18,8-10-17)12-15-11-13(2)5-6-14(15)3/h5-6,11,18H,4,7-10,12H2,1-3H3. The summed E-state index contributed by atoms with van der Waals surface area (Å²) < 4.78 is 0. The van der Waals surface area contributed by atoms with Crippen LogP contribution in [0, 0.1) is 13.8 Å². The first-order valence-electron chi connectivity index (χ1n) is 7.03. The second-order valence-electron chi connectivity index (χ2n) is 5.77. The van der Waals surface area contributed by atoms with Crippen LogP contribution in [-0.4, -0.2) is 35.2 Å². The van der Waals surface area contributed by atoms with Crippen molar-refractivity contribution in [2.75, 3.05) is 19.6 Å². The maximum atomic E-state index is 10.7. The van der Waals surface area contributed by atoms with Crippen molar-refractivity contribution in [1.82, 2.24) is 4.90 Å². The van der Waals surface area contributed by atoms with Gasteiger partial charge in [-0.25, -0.2) is 0 Å². The molecule has 0 amide bonds. The van der Waals surface area contributed by atoms with E-state index in [0.717, 1.165) is 38.9 Å². The van der Waals surface area contributed by atoms with Gasteiger partial charge in [-0.05, 0) is 44.4 Å². The van der Waals surface area contributed by atoms with Gasteiger partial charge in [0.2, 0.25) is 0 Å². The summed E-state index contributed by atoms with van der Waals surface area (Å²) in [6, 6.07) is 6.53. The third-order valence-corrected chi connectivity index (χ3v) is 4.26. The minimum Gasteiger partial charge on any atom is -0.389 e. The zero-order valence-corrected chi connectivity index (χ0v) is 11.9. The lowest BCUT2D eigenvalue weighted by Crippen LogP contribution is -2.45. The topological polar surface area (TPSA) is 23.5 Å². The molecule has 0 unspecified atom stereocenters. The number of nitrogens with zero attached hydrogens (tertiary/aromatic N) is 1. The maximum Gasteiger partial charge on any atom is 0.0712 e. The van der Waals surface area contributed by atoms with Crippen LogP contribution in [0.25, 0.3) is 0 Å². The molecule has 2 nitrogen and oxygen atoms in total. The number of hydrogen-bond donors (Lipinski definition) is 1. The molecule has 2 heteroatoms. The minimum atomic E-state index is -0.496. The van der Waals surface area contributed by atoms with Crippen LogP contribution in [0.2, 0.25) is 0 Å². The molecule has 1 N–H and O–H groups in total. The summed E-state index contributed by atoms with van der Waals surface area (Å²) in [7, 11) is 0. The molecule has 1 heterocycles. The molecule has 0 aliphatic carbocycles. The highest BCUT2D eigenvalue weighted by Crippen LogP contribution is 2.27. The molecule has 18 heavy (non-hydrogen) atoms. The first kappa shape index (κ1) is 13.6. The van der Waals surface area contributed by atoms with Crippen LogP contribution in [-0.2, 0) is 6.42 Å². The summed E-state index contributed by atoms with van der Waals surface area (Å²) in [6.45, 7) is 9.59. The molecule has 0 saturated carbocycles. The van der Waals surface area contributed by atoms with Crippen LogP contribution in [0.1, 0.15) is 36.5 Å². The van der Waals surface area contributed by atoms with Gasteiger partial charge < -0.3 is 10.0 Å². The van der Waals surface area contributed by atoms with E-state index in [1.54, 1.807) is 0 Å². The number of aliphatic hydroxyl groups is 1. The van der Waals surface area contributed by atoms with E-state index >= 15 is 0 Å². The molecule has 0 bridgehead atoms. The summed E-state index contributed by atoms with van der Waals surface area (Å²) in [4.78, 5) is 2.41. The summed E-state index contributed by atoms with van der Waals surface area (Å²) in [6.07, 6.45) is 2.60. The molecule has 1 aromatic carbocycles. The second-order valence-corrected chi connectivity index (χ2v) is 5.77. The van der Waals surface area contributed by atoms with E-state index in [9.17, 15) is 5.11 Å². The van der Waals surface area contributed by atoms with E-state index in [1.165, 1.54) is 16.7 Å². The van der Waals surface area contributed by atoms with Crippen molar-refractivity contribution in [3.63, 3.8) is 0 Å². The lowest BCUT2D eigenvalue weighted by Gasteiger charge is -2.38. The van der Waals surface area contributed by atoms with Crippen molar-refractivity contribution in [2.45, 2.75) is 45.6 Å². The third kappa shape index (κ3) is 3.12. The van der Waals surface area contributed by atoms with E-state index in [-0.39, 0.29) is 0 Å². The lowest BCUT2D eigenvalue weighted by molar-refractivity contribution is -0.0195. The third-order valence-electron chi connectivity index (χ3n) is 4.26. The molecule has 1 saturated heterocycles. The molecule has 1 aliphatic heterocycles. The smallest absolute Gasteiger partial charge is 0.0712 e. The summed E-state index contributed by atoms with van der Waals surface area (Å²) in [5.41, 5.74) is 3.39. The predicted octanol–water partition coefficient (Wildman–Crippen LogP) is 2.69. The Morgan fingerprint density at radius 1 is 1.22 bits per heavy atom. The molecule has 0 aromatic heterocycles. The van der Waals surface area contributed by atoms with Gasteiger partial charge in [0.05, 0.1) is 5.60 Å². The van der Waals surface area contributed by atoms with Crippen LogP contribution >= 0.6 is 0 Å². The molecule has 0 atom stereocenters. The summed E-state index contributed by atoms with van der Waals surface area (Å²) >= 11 is 0. The predicted molar refractivity (Wildman–Crippen MR) is 75.9 cm³/mol. The number of hydrogen-bond acceptors (Lipinski definition) is 2. The van der Waals surface area contributed by atoms with Gasteiger partial charge in [-0.1, -0.05) is 30.7 Å². The molecule has 1 aromatic rings. The Kier molecular flexibility index (Phi) is 4.08. The highest BCUT2D eigenvalue weighted by Gasteiger charge is 2.32. The zero-order chi connectivity index (χ0) is 13.2. The number of rotatable bonds is 3. The Bertz CT molecular complexity index is 406. The van der Waals surface area contributed by atoms with E-state index in [4.69, 9.17) is 0 Å². The molecule has 1 fully saturated rings. The lowest BCUT2D eigenvalue weighted by atomic mass is 9.84. The first-order valence-corrected chi connectivity index (χ1v) is 7.03. The SMILES string of the molecule is CCN1CCC(O)(Cc2cc(C)ccc2C)CC1. The Labute approximate surface area is 111 Å². The van der Waals surface area contributed by atoms with Crippen molar-refractivity contribution in [3.8, 4) is 0 Å². The average molecular weight is 247 g/mol. The van der Waals surface area contributed by atoms with E-state index in [1.807, 2.05) is 0 Å². The van der Waals surface area contributed by atoms with Crippen molar-refractivity contribution < 1.29 is 5.11 Å². The van der Waals surface area contributed by atoms with Crippen LogP contribution in [0.3, 0.4) is 0 Å². The van der Waals surface area contributed by atoms with E-state index in [2.05, 4.69) is 43.9 Å². The molecule has 100 valence electrons. The zero-order valence-electron chi connectivity index (χ0n) is 11.9. The number of likely N-dealkylation sites (tertiary alicyclic amines) is 1. The molecule has 2 rings (SSSR count). The van der Waals surface area contributed by atoms with Crippen LogP contribution in [0.15, 0.2) is 18.2 Å². The van der Waals surface area contributed by atoms with Crippen molar-refractivity contribution in [2.24, 2.45) is 0 Å². The highest BCUT2D eigenvalue weighted by molar-refractivity contribution is 5.31. The van der Waals surface area contributed by atoms with E-state index in [0.29, 0.717) is 0 Å². The van der Waals surface area contributed by atoms with Crippen molar-refractivity contribution in [3.05, 3.63) is 34.9 Å². The Balaban J connectivity index is 2.06. The number of benzene rings is 1. The van der Waals surface area contributed by atoms with Gasteiger partial charge in [0.15, 0.2) is 0 Å². The second kappa shape index (κ2) is 5.41. The maximum absolute atomic E-state index is 10.7. The molecule has 1 aliphatic rings. The normalized spacial score (nSPS) is 20.0. The van der Waals surface area contributed by atoms with Gasteiger partial charge in [-0.3, -0.25) is 0 Å². The van der Waals surface area contributed by atoms with Crippen molar-refractivity contribution >= 4 is 0 Å². The fourth-order valence-electron chi connectivity index (χ4n) is 2.81. The number of aryl methyl sites for hydroxylation is 2. The Hall–Kier alpha value is -0.860. The summed E-state index contributed by atoms with van der Waals surface area (Å²) in [5.74, 6) is 0. The molecule has 0 radical (unpaired) electrons. The fraction of sp³-hybridized carbons (Fsp3) is 0.625. The summed E-state index contributed by atoms with van der Waals surface area (Å²) in [5, 5.41) is 10.7. The van der Waals surface area contributed by atoms with Gasteiger partial charge in [0.25, 0.3) is 0 Å². The number of piperidine rings is 1. The first-order chi connectivity index (χ1) is 8.52. The Morgan fingerprint density at radius 2 is 1.89 bits per heavy atom. The van der Waals surface area contributed by atoms with Gasteiger partial charge in [-0.2, -0.15) is 0 Å². The largest absolute Gasteiger partial charge is 0.389 e. The molecule has 0 spiro atoms. The van der Waals surface area contributed by atoms with Gasteiger partial charge >= 0.3 is 0 Å². The van der Waals surface area contributed by atoms with Crippen LogP contribution in [0.5, 0.6) is 0 Å². The van der Waals surface area contributed by atoms with Gasteiger partial charge in [0.1, 0.15) is 0 Å². The van der Waals surface area contributed by atoms with Crippen LogP contribution in [0.4, 0.5) is 0 Å². The molecular weight excluding hydrogens is 222 g/mol. The highest BCUT2D eigenvalue weighted by atomic mass is 16.3. The van der Waals surface area contributed by atoms with Gasteiger partial charge in [0, 0.05) is 19.5 Å². The average Bonchev–Trinajstić information content (AvgIpc) is 2.35. The van der Waals surface area contributed by atoms with Crippen molar-refractivity contribution in [1.29, 1.82) is 0 Å². The minimum absolute atomic E-state index is 0.496. The van der Waals surface area contributed by atoms with E-state index < -0.39 is 5.60 Å². The molecular formula is C16H25NO.